The lowest BCUT2D eigenvalue weighted by Gasteiger charge is -2.26. The lowest BCUT2D eigenvalue weighted by atomic mass is 9.96. The second-order valence-electron chi connectivity index (χ2n) is 6.93. The Labute approximate surface area is 168 Å². The number of aliphatic hydroxyl groups is 1. The normalized spacial score (nSPS) is 18.5. The number of carbonyl (C=O) groups is 2. The molecule has 1 aliphatic rings. The minimum absolute atomic E-state index is 0.00648. The van der Waals surface area contributed by atoms with Crippen molar-refractivity contribution in [2.45, 2.75) is 6.04 Å². The van der Waals surface area contributed by atoms with Crippen molar-refractivity contribution in [2.24, 2.45) is 0 Å². The SMILES string of the molecule is COc1ccc(F)cc1C(O)=C1C(=O)C(=O)N(CCN(C)C)[C@H]1c1cccnc1. The van der Waals surface area contributed by atoms with Crippen LogP contribution in [0, 0.1) is 5.82 Å². The summed E-state index contributed by atoms with van der Waals surface area (Å²) in [7, 11) is 5.08. The van der Waals surface area contributed by atoms with Crippen molar-refractivity contribution in [2.75, 3.05) is 34.3 Å². The fourth-order valence-electron chi connectivity index (χ4n) is 3.31. The Morgan fingerprint density at radius 3 is 2.69 bits per heavy atom. The molecule has 1 atom stereocenters. The minimum atomic E-state index is -0.836. The van der Waals surface area contributed by atoms with Gasteiger partial charge in [0, 0.05) is 25.5 Å². The molecule has 0 radical (unpaired) electrons. The first-order chi connectivity index (χ1) is 13.8. The molecular weight excluding hydrogens is 377 g/mol. The number of hydrogen-bond acceptors (Lipinski definition) is 6. The highest BCUT2D eigenvalue weighted by molar-refractivity contribution is 6.46. The Balaban J connectivity index is 2.19. The molecule has 29 heavy (non-hydrogen) atoms. The van der Waals surface area contributed by atoms with Crippen LogP contribution < -0.4 is 4.74 Å². The van der Waals surface area contributed by atoms with E-state index in [9.17, 15) is 19.1 Å². The third kappa shape index (κ3) is 3.97. The number of pyridine rings is 1. The van der Waals surface area contributed by atoms with E-state index in [1.807, 2.05) is 19.0 Å². The number of ketones is 1. The van der Waals surface area contributed by atoms with Crippen molar-refractivity contribution < 1.29 is 23.8 Å². The van der Waals surface area contributed by atoms with Crippen LogP contribution in [0.15, 0.2) is 48.3 Å². The minimum Gasteiger partial charge on any atom is -0.507 e. The number of hydrogen-bond donors (Lipinski definition) is 1. The van der Waals surface area contributed by atoms with Gasteiger partial charge in [-0.1, -0.05) is 6.07 Å². The van der Waals surface area contributed by atoms with Gasteiger partial charge in [0.25, 0.3) is 11.7 Å². The fraction of sp³-hybridized carbons (Fsp3) is 0.286. The van der Waals surface area contributed by atoms with Gasteiger partial charge in [-0.15, -0.1) is 0 Å². The number of rotatable bonds is 6. The number of aliphatic hydroxyl groups excluding tert-OH is 1. The van der Waals surface area contributed by atoms with Crippen LogP contribution in [-0.4, -0.2) is 65.9 Å². The van der Waals surface area contributed by atoms with Crippen LogP contribution >= 0.6 is 0 Å². The van der Waals surface area contributed by atoms with Gasteiger partial charge in [0.15, 0.2) is 0 Å². The molecule has 1 aromatic carbocycles. The number of nitrogens with zero attached hydrogens (tertiary/aromatic N) is 3. The van der Waals surface area contributed by atoms with Crippen LogP contribution in [0.1, 0.15) is 17.2 Å². The molecule has 1 aromatic heterocycles. The number of benzene rings is 1. The Morgan fingerprint density at radius 1 is 1.31 bits per heavy atom. The standard InChI is InChI=1S/C21H22FN3O4/c1-24(2)9-10-25-18(13-5-4-8-23-12-13)17(20(27)21(25)28)19(26)15-11-14(22)6-7-16(15)29-3/h4-8,11-12,18,26H,9-10H2,1-3H3/t18-/m0/s1. The zero-order chi connectivity index (χ0) is 21.1. The molecule has 0 aliphatic carbocycles. The summed E-state index contributed by atoms with van der Waals surface area (Å²) < 4.78 is 19.0. The van der Waals surface area contributed by atoms with Crippen LogP contribution in [0.25, 0.3) is 5.76 Å². The molecule has 7 nitrogen and oxygen atoms in total. The quantitative estimate of drug-likeness (QED) is 0.456. The summed E-state index contributed by atoms with van der Waals surface area (Å²) in [5.41, 5.74) is 0.458. The predicted molar refractivity (Wildman–Crippen MR) is 105 cm³/mol. The zero-order valence-corrected chi connectivity index (χ0v) is 16.4. The number of aromatic nitrogens is 1. The molecule has 2 aromatic rings. The number of carbonyl (C=O) groups excluding carboxylic acids is 2. The van der Waals surface area contributed by atoms with Crippen molar-refractivity contribution in [3.05, 3.63) is 65.2 Å². The van der Waals surface area contributed by atoms with Gasteiger partial charge in [-0.2, -0.15) is 0 Å². The van der Waals surface area contributed by atoms with Crippen LogP contribution in [0.2, 0.25) is 0 Å². The second kappa shape index (κ2) is 8.40. The van der Waals surface area contributed by atoms with Crippen molar-refractivity contribution in [3.8, 4) is 5.75 Å². The molecule has 152 valence electrons. The summed E-state index contributed by atoms with van der Waals surface area (Å²) in [6, 6.07) is 6.18. The smallest absolute Gasteiger partial charge is 0.295 e. The second-order valence-corrected chi connectivity index (χ2v) is 6.93. The highest BCUT2D eigenvalue weighted by atomic mass is 19.1. The van der Waals surface area contributed by atoms with E-state index in [-0.39, 0.29) is 23.4 Å². The van der Waals surface area contributed by atoms with Gasteiger partial charge in [0.2, 0.25) is 0 Å². The topological polar surface area (TPSA) is 83.0 Å². The first kappa shape index (κ1) is 20.5. The monoisotopic (exact) mass is 399 g/mol. The molecule has 0 unspecified atom stereocenters. The summed E-state index contributed by atoms with van der Waals surface area (Å²) >= 11 is 0. The number of Topliss-reactive ketones (excluding diaryl/α,β-unsaturated/α-hetero) is 1. The molecule has 0 saturated carbocycles. The van der Waals surface area contributed by atoms with Gasteiger partial charge in [0.1, 0.15) is 17.3 Å². The summed E-state index contributed by atoms with van der Waals surface area (Å²) in [6.07, 6.45) is 3.11. The molecule has 1 N–H and O–H groups in total. The highest BCUT2D eigenvalue weighted by Crippen LogP contribution is 2.40. The van der Waals surface area contributed by atoms with Crippen molar-refractivity contribution in [3.63, 3.8) is 0 Å². The van der Waals surface area contributed by atoms with Gasteiger partial charge in [-0.25, -0.2) is 4.39 Å². The lowest BCUT2D eigenvalue weighted by Crippen LogP contribution is -2.35. The van der Waals surface area contributed by atoms with Crippen molar-refractivity contribution in [1.29, 1.82) is 0 Å². The number of amides is 1. The van der Waals surface area contributed by atoms with E-state index in [0.29, 0.717) is 12.1 Å². The van der Waals surface area contributed by atoms with Crippen molar-refractivity contribution in [1.82, 2.24) is 14.8 Å². The van der Waals surface area contributed by atoms with E-state index in [0.717, 1.165) is 6.07 Å². The Hall–Kier alpha value is -3.26. The predicted octanol–water partition coefficient (Wildman–Crippen LogP) is 2.21. The van der Waals surface area contributed by atoms with Crippen LogP contribution in [0.5, 0.6) is 5.75 Å². The van der Waals surface area contributed by atoms with Gasteiger partial charge in [-0.3, -0.25) is 14.6 Å². The molecule has 0 spiro atoms. The maximum absolute atomic E-state index is 13.8. The van der Waals surface area contributed by atoms with Crippen LogP contribution in [0.4, 0.5) is 4.39 Å². The first-order valence-electron chi connectivity index (χ1n) is 9.02. The van der Waals surface area contributed by atoms with Crippen molar-refractivity contribution >= 4 is 17.4 Å². The fourth-order valence-corrected chi connectivity index (χ4v) is 3.31. The van der Waals surface area contributed by atoms with E-state index in [1.54, 1.807) is 18.3 Å². The lowest BCUT2D eigenvalue weighted by molar-refractivity contribution is -0.140. The Morgan fingerprint density at radius 2 is 2.07 bits per heavy atom. The average Bonchev–Trinajstić information content (AvgIpc) is 2.97. The van der Waals surface area contributed by atoms with E-state index < -0.39 is 29.3 Å². The van der Waals surface area contributed by atoms with Crippen LogP contribution in [-0.2, 0) is 9.59 Å². The molecule has 1 fully saturated rings. The Bertz CT molecular complexity index is 960. The van der Waals surface area contributed by atoms with Gasteiger partial charge < -0.3 is 19.6 Å². The molecule has 2 heterocycles. The number of methoxy groups -OCH3 is 1. The third-order valence-corrected chi connectivity index (χ3v) is 4.74. The summed E-state index contributed by atoms with van der Waals surface area (Å²) in [5, 5.41) is 11.0. The number of likely N-dealkylation sites (N-methyl/N-ethyl adjacent to an activating group) is 1. The zero-order valence-electron chi connectivity index (χ0n) is 16.4. The van der Waals surface area contributed by atoms with E-state index in [2.05, 4.69) is 4.98 Å². The molecule has 1 amide bonds. The van der Waals surface area contributed by atoms with E-state index in [1.165, 1.54) is 30.3 Å². The molecule has 8 heteroatoms. The summed E-state index contributed by atoms with van der Waals surface area (Å²) in [4.78, 5) is 33.0. The molecule has 1 saturated heterocycles. The Kier molecular flexibility index (Phi) is 5.93. The number of likely N-dealkylation sites (tertiary alicyclic amines) is 1. The first-order valence-corrected chi connectivity index (χ1v) is 9.02. The van der Waals surface area contributed by atoms with Gasteiger partial charge in [0.05, 0.1) is 24.3 Å². The molecule has 0 bridgehead atoms. The molecular formula is C21H22FN3O4. The largest absolute Gasteiger partial charge is 0.507 e. The highest BCUT2D eigenvalue weighted by Gasteiger charge is 2.46. The summed E-state index contributed by atoms with van der Waals surface area (Å²) in [5.74, 6) is -2.46. The van der Waals surface area contributed by atoms with E-state index >= 15 is 0 Å². The third-order valence-electron chi connectivity index (χ3n) is 4.74. The van der Waals surface area contributed by atoms with Crippen LogP contribution in [0.3, 0.4) is 0 Å². The average molecular weight is 399 g/mol. The van der Waals surface area contributed by atoms with E-state index in [4.69, 9.17) is 4.74 Å². The van der Waals surface area contributed by atoms with Gasteiger partial charge >= 0.3 is 0 Å². The van der Waals surface area contributed by atoms with Gasteiger partial charge in [-0.05, 0) is 43.9 Å². The molecule has 1 aliphatic heterocycles. The maximum Gasteiger partial charge on any atom is 0.295 e. The molecule has 3 rings (SSSR count). The maximum atomic E-state index is 13.8. The number of ether oxygens (including phenoxy) is 1. The summed E-state index contributed by atoms with van der Waals surface area (Å²) in [6.45, 7) is 0.793. The number of halogens is 1.